The second kappa shape index (κ2) is 6.27. The summed E-state index contributed by atoms with van der Waals surface area (Å²) in [6, 6.07) is 1.53. The lowest BCUT2D eigenvalue weighted by atomic mass is 9.98. The maximum absolute atomic E-state index is 3.43. The highest BCUT2D eigenvalue weighted by Gasteiger charge is 2.26. The largest absolute Gasteiger partial charge is 0.317 e. The van der Waals surface area contributed by atoms with Gasteiger partial charge in [0.05, 0.1) is 0 Å². The Balaban J connectivity index is 1.76. The standard InChI is InChI=1S/C13H26N2S/c1-11-9-12(14-2)6-7-15(11)10-13-5-3-4-8-16-13/h11-14H,3-10H2,1-2H3. The topological polar surface area (TPSA) is 15.3 Å². The number of piperidine rings is 1. The van der Waals surface area contributed by atoms with Crippen LogP contribution in [0.25, 0.3) is 0 Å². The lowest BCUT2D eigenvalue weighted by Gasteiger charge is -2.39. The third kappa shape index (κ3) is 3.38. The number of hydrogen-bond donors (Lipinski definition) is 1. The minimum Gasteiger partial charge on any atom is -0.317 e. The minimum absolute atomic E-state index is 0.755. The predicted octanol–water partition coefficient (Wildman–Crippen LogP) is 2.34. The van der Waals surface area contributed by atoms with Crippen molar-refractivity contribution < 1.29 is 0 Å². The zero-order valence-corrected chi connectivity index (χ0v) is 11.6. The van der Waals surface area contributed by atoms with E-state index in [2.05, 4.69) is 35.9 Å². The molecule has 0 spiro atoms. The molecule has 0 aromatic heterocycles. The van der Waals surface area contributed by atoms with Crippen LogP contribution in [-0.4, -0.2) is 48.1 Å². The lowest BCUT2D eigenvalue weighted by Crippen LogP contribution is -2.48. The average molecular weight is 242 g/mol. The summed E-state index contributed by atoms with van der Waals surface area (Å²) < 4.78 is 0. The van der Waals surface area contributed by atoms with Crippen molar-refractivity contribution in [3.05, 3.63) is 0 Å². The molecule has 0 amide bonds. The number of thioether (sulfide) groups is 1. The zero-order valence-electron chi connectivity index (χ0n) is 10.7. The second-order valence-electron chi connectivity index (χ2n) is 5.34. The van der Waals surface area contributed by atoms with Crippen molar-refractivity contribution in [2.75, 3.05) is 25.9 Å². The Bertz CT molecular complexity index is 204. The predicted molar refractivity (Wildman–Crippen MR) is 73.2 cm³/mol. The molecule has 2 saturated heterocycles. The van der Waals surface area contributed by atoms with Gasteiger partial charge in [-0.1, -0.05) is 6.42 Å². The third-order valence-corrected chi connectivity index (χ3v) is 5.51. The third-order valence-electron chi connectivity index (χ3n) is 4.13. The van der Waals surface area contributed by atoms with Crippen LogP contribution in [0.1, 0.15) is 39.0 Å². The Morgan fingerprint density at radius 1 is 1.31 bits per heavy atom. The molecule has 2 rings (SSSR count). The van der Waals surface area contributed by atoms with Gasteiger partial charge in [0.1, 0.15) is 0 Å². The fraction of sp³-hybridized carbons (Fsp3) is 1.00. The van der Waals surface area contributed by atoms with Crippen molar-refractivity contribution in [3.8, 4) is 0 Å². The van der Waals surface area contributed by atoms with E-state index >= 15 is 0 Å². The maximum atomic E-state index is 3.43. The molecule has 3 unspecified atom stereocenters. The molecule has 2 aliphatic heterocycles. The molecular formula is C13H26N2S. The molecule has 16 heavy (non-hydrogen) atoms. The van der Waals surface area contributed by atoms with Crippen LogP contribution in [-0.2, 0) is 0 Å². The molecule has 3 atom stereocenters. The summed E-state index contributed by atoms with van der Waals surface area (Å²) in [6.45, 7) is 5.03. The van der Waals surface area contributed by atoms with Crippen LogP contribution < -0.4 is 5.32 Å². The van der Waals surface area contributed by atoms with E-state index in [-0.39, 0.29) is 0 Å². The molecule has 2 aliphatic rings. The number of nitrogens with zero attached hydrogens (tertiary/aromatic N) is 1. The van der Waals surface area contributed by atoms with Crippen LogP contribution in [0.3, 0.4) is 0 Å². The van der Waals surface area contributed by atoms with Crippen LogP contribution in [0, 0.1) is 0 Å². The van der Waals surface area contributed by atoms with Gasteiger partial charge in [-0.3, -0.25) is 4.90 Å². The zero-order chi connectivity index (χ0) is 11.4. The molecule has 0 bridgehead atoms. The molecule has 1 N–H and O–H groups in total. The molecule has 0 aromatic carbocycles. The fourth-order valence-corrected chi connectivity index (χ4v) is 4.30. The monoisotopic (exact) mass is 242 g/mol. The van der Waals surface area contributed by atoms with Crippen molar-refractivity contribution >= 4 is 11.8 Å². The Hall–Kier alpha value is 0.270. The van der Waals surface area contributed by atoms with Crippen molar-refractivity contribution in [3.63, 3.8) is 0 Å². The van der Waals surface area contributed by atoms with Crippen LogP contribution >= 0.6 is 11.8 Å². The summed E-state index contributed by atoms with van der Waals surface area (Å²) >= 11 is 2.21. The summed E-state index contributed by atoms with van der Waals surface area (Å²) in [7, 11) is 2.10. The van der Waals surface area contributed by atoms with E-state index < -0.39 is 0 Å². The van der Waals surface area contributed by atoms with E-state index in [4.69, 9.17) is 0 Å². The molecule has 2 nitrogen and oxygen atoms in total. The van der Waals surface area contributed by atoms with E-state index in [1.54, 1.807) is 0 Å². The highest BCUT2D eigenvalue weighted by molar-refractivity contribution is 7.99. The van der Waals surface area contributed by atoms with Gasteiger partial charge in [0, 0.05) is 23.9 Å². The number of rotatable bonds is 3. The highest BCUT2D eigenvalue weighted by Crippen LogP contribution is 2.27. The van der Waals surface area contributed by atoms with E-state index in [0.717, 1.165) is 17.3 Å². The van der Waals surface area contributed by atoms with Crippen LogP contribution in [0.4, 0.5) is 0 Å². The van der Waals surface area contributed by atoms with E-state index in [9.17, 15) is 0 Å². The van der Waals surface area contributed by atoms with Crippen molar-refractivity contribution in [1.82, 2.24) is 10.2 Å². The summed E-state index contributed by atoms with van der Waals surface area (Å²) in [5, 5.41) is 4.35. The van der Waals surface area contributed by atoms with Gasteiger partial charge in [-0.15, -0.1) is 0 Å². The van der Waals surface area contributed by atoms with Gasteiger partial charge in [-0.05, 0) is 52.0 Å². The van der Waals surface area contributed by atoms with Crippen LogP contribution in [0.2, 0.25) is 0 Å². The van der Waals surface area contributed by atoms with E-state index in [1.165, 1.54) is 50.9 Å². The average Bonchev–Trinajstić information content (AvgIpc) is 2.33. The normalized spacial score (nSPS) is 37.5. The smallest absolute Gasteiger partial charge is 0.0175 e. The molecule has 0 aromatic rings. The summed E-state index contributed by atoms with van der Waals surface area (Å²) in [5.41, 5.74) is 0. The van der Waals surface area contributed by atoms with Gasteiger partial charge < -0.3 is 5.32 Å². The van der Waals surface area contributed by atoms with Crippen molar-refractivity contribution in [2.45, 2.75) is 56.4 Å². The van der Waals surface area contributed by atoms with Gasteiger partial charge in [0.15, 0.2) is 0 Å². The summed E-state index contributed by atoms with van der Waals surface area (Å²) in [5.74, 6) is 1.39. The Morgan fingerprint density at radius 3 is 2.81 bits per heavy atom. The Kier molecular flexibility index (Phi) is 4.98. The molecule has 2 heterocycles. The molecule has 0 aliphatic carbocycles. The van der Waals surface area contributed by atoms with Crippen molar-refractivity contribution in [2.24, 2.45) is 0 Å². The Morgan fingerprint density at radius 2 is 2.19 bits per heavy atom. The SMILES string of the molecule is CNC1CCN(CC2CCCCS2)C(C)C1. The van der Waals surface area contributed by atoms with E-state index in [0.29, 0.717) is 0 Å². The van der Waals surface area contributed by atoms with Gasteiger partial charge in [0.25, 0.3) is 0 Å². The Labute approximate surface area is 105 Å². The van der Waals surface area contributed by atoms with Crippen LogP contribution in [0.15, 0.2) is 0 Å². The highest BCUT2D eigenvalue weighted by atomic mass is 32.2. The first kappa shape index (κ1) is 12.7. The second-order valence-corrected chi connectivity index (χ2v) is 6.75. The van der Waals surface area contributed by atoms with E-state index in [1.807, 2.05) is 0 Å². The maximum Gasteiger partial charge on any atom is 0.0175 e. The molecule has 3 heteroatoms. The first-order valence-electron chi connectivity index (χ1n) is 6.82. The fourth-order valence-electron chi connectivity index (χ4n) is 2.97. The lowest BCUT2D eigenvalue weighted by molar-refractivity contribution is 0.138. The van der Waals surface area contributed by atoms with Crippen LogP contribution in [0.5, 0.6) is 0 Å². The van der Waals surface area contributed by atoms with Gasteiger partial charge in [-0.25, -0.2) is 0 Å². The number of hydrogen-bond acceptors (Lipinski definition) is 3. The number of likely N-dealkylation sites (tertiary alicyclic amines) is 1. The summed E-state index contributed by atoms with van der Waals surface area (Å²) in [6.07, 6.45) is 7.01. The molecular weight excluding hydrogens is 216 g/mol. The minimum atomic E-state index is 0.755. The number of nitrogens with one attached hydrogen (secondary N) is 1. The molecule has 2 fully saturated rings. The molecule has 94 valence electrons. The summed E-state index contributed by atoms with van der Waals surface area (Å²) in [4.78, 5) is 2.72. The first-order chi connectivity index (χ1) is 7.79. The molecule has 0 radical (unpaired) electrons. The van der Waals surface area contributed by atoms with Gasteiger partial charge >= 0.3 is 0 Å². The van der Waals surface area contributed by atoms with Gasteiger partial charge in [-0.2, -0.15) is 11.8 Å². The first-order valence-corrected chi connectivity index (χ1v) is 7.87. The van der Waals surface area contributed by atoms with Crippen molar-refractivity contribution in [1.29, 1.82) is 0 Å². The quantitative estimate of drug-likeness (QED) is 0.818. The molecule has 0 saturated carbocycles. The van der Waals surface area contributed by atoms with Gasteiger partial charge in [0.2, 0.25) is 0 Å².